The van der Waals surface area contributed by atoms with Gasteiger partial charge in [0.2, 0.25) is 4.87 Å². The van der Waals surface area contributed by atoms with Crippen LogP contribution >= 0.6 is 33.2 Å². The van der Waals surface area contributed by atoms with Crippen LogP contribution in [-0.4, -0.2) is 82.2 Å². The van der Waals surface area contributed by atoms with Gasteiger partial charge in [-0.3, -0.25) is 14.5 Å². The topological polar surface area (TPSA) is 103 Å². The molecule has 1 aromatic rings. The predicted octanol–water partition coefficient (Wildman–Crippen LogP) is 0.803. The van der Waals surface area contributed by atoms with Crippen LogP contribution in [0.5, 0.6) is 11.5 Å². The number of methoxy groups -OCH3 is 2. The van der Waals surface area contributed by atoms with Crippen LogP contribution in [0.1, 0.15) is 12.5 Å². The Kier molecular flexibility index (Phi) is 3.96. The molecule has 5 heterocycles. The number of aliphatic hydroxyl groups excluding tert-OH is 1. The molecule has 6 rings (SSSR count). The van der Waals surface area contributed by atoms with Crippen LogP contribution in [0.2, 0.25) is 5.02 Å². The third-order valence-electron chi connectivity index (χ3n) is 6.70. The molecular formula is C18H20ClN3O6S2. The minimum atomic E-state index is -1.97. The van der Waals surface area contributed by atoms with Gasteiger partial charge in [0.25, 0.3) is 11.8 Å². The van der Waals surface area contributed by atoms with E-state index in [1.165, 1.54) is 40.9 Å². The number of piperazine rings is 1. The molecule has 4 fully saturated rings. The summed E-state index contributed by atoms with van der Waals surface area (Å²) >= 11 is 6.39. The number of ether oxygens (including phenoxy) is 2. The number of hydrogen-bond acceptors (Lipinski definition) is 9. The van der Waals surface area contributed by atoms with E-state index in [9.17, 15) is 19.8 Å². The van der Waals surface area contributed by atoms with E-state index in [-0.39, 0.29) is 28.0 Å². The molecule has 0 aromatic heterocycles. The Labute approximate surface area is 185 Å². The Morgan fingerprint density at radius 1 is 1.13 bits per heavy atom. The first kappa shape index (κ1) is 20.4. The van der Waals surface area contributed by atoms with Crippen LogP contribution in [0, 0.1) is 0 Å². The molecule has 2 N–H and O–H groups in total. The maximum Gasteiger partial charge on any atom is 0.264 e. The molecule has 5 aliphatic rings. The zero-order chi connectivity index (χ0) is 22.0. The number of likely N-dealkylation sites (N-methyl/N-ethyl adjacent to an activating group) is 2. The largest absolute Gasteiger partial charge is 0.491 e. The van der Waals surface area contributed by atoms with Crippen molar-refractivity contribution >= 4 is 50.7 Å². The van der Waals surface area contributed by atoms with E-state index in [1.807, 2.05) is 0 Å². The number of halogens is 1. The zero-order valence-electron chi connectivity index (χ0n) is 16.8. The van der Waals surface area contributed by atoms with Gasteiger partial charge in [-0.25, -0.2) is 0 Å². The maximum absolute atomic E-state index is 13.6. The van der Waals surface area contributed by atoms with E-state index in [2.05, 4.69) is 0 Å². The molecule has 9 nitrogen and oxygen atoms in total. The minimum Gasteiger partial charge on any atom is -0.491 e. The molecule has 1 spiro atoms. The summed E-state index contributed by atoms with van der Waals surface area (Å²) in [6.07, 6.45) is -2.63. The monoisotopic (exact) mass is 473 g/mol. The average Bonchev–Trinajstić information content (AvgIpc) is 3.06. The van der Waals surface area contributed by atoms with Gasteiger partial charge in [-0.2, -0.15) is 0 Å². The number of rotatable bonds is 2. The van der Waals surface area contributed by atoms with Gasteiger partial charge in [0.15, 0.2) is 22.0 Å². The van der Waals surface area contributed by atoms with E-state index in [1.54, 1.807) is 25.9 Å². The number of fused-ring (bicyclic) bond motifs is 5. The van der Waals surface area contributed by atoms with Crippen molar-refractivity contribution in [3.63, 3.8) is 0 Å². The zero-order valence-corrected chi connectivity index (χ0v) is 19.2. The van der Waals surface area contributed by atoms with Crippen LogP contribution in [0.15, 0.2) is 6.07 Å². The highest BCUT2D eigenvalue weighted by Crippen LogP contribution is 2.69. The second kappa shape index (κ2) is 5.83. The smallest absolute Gasteiger partial charge is 0.264 e. The first-order chi connectivity index (χ1) is 14.0. The first-order valence-corrected chi connectivity index (χ1v) is 11.6. The van der Waals surface area contributed by atoms with E-state index in [0.717, 1.165) is 10.8 Å². The number of benzene rings is 1. The average molecular weight is 474 g/mol. The van der Waals surface area contributed by atoms with Gasteiger partial charge in [0.05, 0.1) is 24.9 Å². The molecule has 12 heteroatoms. The summed E-state index contributed by atoms with van der Waals surface area (Å²) in [5.41, 5.74) is -1.25. The number of anilines is 1. The number of amides is 2. The molecule has 5 aliphatic heterocycles. The second-order valence-corrected chi connectivity index (χ2v) is 11.1. The Balaban J connectivity index is 1.81. The minimum absolute atomic E-state index is 0.179. The van der Waals surface area contributed by atoms with Crippen molar-refractivity contribution in [1.29, 1.82) is 0 Å². The molecule has 162 valence electrons. The molecule has 5 atom stereocenters. The van der Waals surface area contributed by atoms with E-state index in [0.29, 0.717) is 5.69 Å². The molecule has 1 aromatic carbocycles. The van der Waals surface area contributed by atoms with Crippen LogP contribution in [0.3, 0.4) is 0 Å². The molecule has 0 radical (unpaired) electrons. The highest BCUT2D eigenvalue weighted by Gasteiger charge is 2.82. The Bertz CT molecular complexity index is 1030. The SMILES string of the molecule is COc1c(Cl)cc2c(c1OC)N(C)[C@H]1N3C(=O)[C@@]4(C)SS[C@@]3(C(=O)N4C)[C@H](O)[C@]21O. The molecule has 30 heavy (non-hydrogen) atoms. The summed E-state index contributed by atoms with van der Waals surface area (Å²) in [5, 5.41) is 23.6. The van der Waals surface area contributed by atoms with E-state index >= 15 is 0 Å². The number of hydrogen-bond donors (Lipinski definition) is 2. The van der Waals surface area contributed by atoms with Crippen molar-refractivity contribution in [2.45, 2.75) is 34.5 Å². The summed E-state index contributed by atoms with van der Waals surface area (Å²) in [7, 11) is 8.43. The Morgan fingerprint density at radius 2 is 1.77 bits per heavy atom. The van der Waals surface area contributed by atoms with Crippen LogP contribution in [0.4, 0.5) is 5.69 Å². The Hall–Kier alpha value is -1.53. The van der Waals surface area contributed by atoms with Crippen molar-refractivity contribution in [3.05, 3.63) is 16.7 Å². The molecule has 0 unspecified atom stereocenters. The lowest BCUT2D eigenvalue weighted by Gasteiger charge is -2.58. The fraction of sp³-hybridized carbons (Fsp3) is 0.556. The summed E-state index contributed by atoms with van der Waals surface area (Å²) < 4.78 is 10.9. The quantitative estimate of drug-likeness (QED) is 0.604. The van der Waals surface area contributed by atoms with Crippen LogP contribution in [0.25, 0.3) is 0 Å². The van der Waals surface area contributed by atoms with Gasteiger partial charge in [0.1, 0.15) is 12.3 Å². The Morgan fingerprint density at radius 3 is 2.37 bits per heavy atom. The lowest BCUT2D eigenvalue weighted by molar-refractivity contribution is -0.166. The van der Waals surface area contributed by atoms with Gasteiger partial charge in [0, 0.05) is 19.7 Å². The lowest BCUT2D eigenvalue weighted by atomic mass is 9.87. The normalized spacial score (nSPS) is 38.7. The fourth-order valence-electron chi connectivity index (χ4n) is 5.10. The summed E-state index contributed by atoms with van der Waals surface area (Å²) in [5.74, 6) is -0.232. The molecule has 2 amide bonds. The number of aliphatic hydroxyl groups is 2. The lowest BCUT2D eigenvalue weighted by Crippen LogP contribution is -2.77. The van der Waals surface area contributed by atoms with Gasteiger partial charge in [-0.05, 0) is 23.8 Å². The first-order valence-electron chi connectivity index (χ1n) is 9.10. The maximum atomic E-state index is 13.6. The van der Waals surface area contributed by atoms with Gasteiger partial charge in [-0.15, -0.1) is 0 Å². The fourth-order valence-corrected chi connectivity index (χ4v) is 8.91. The summed E-state index contributed by atoms with van der Waals surface area (Å²) in [6, 6.07) is 1.50. The van der Waals surface area contributed by atoms with Crippen LogP contribution < -0.4 is 14.4 Å². The highest BCUT2D eigenvalue weighted by molar-refractivity contribution is 8.78. The molecule has 0 saturated carbocycles. The van der Waals surface area contributed by atoms with Crippen molar-refractivity contribution < 1.29 is 29.3 Å². The van der Waals surface area contributed by atoms with Crippen molar-refractivity contribution in [1.82, 2.24) is 9.80 Å². The van der Waals surface area contributed by atoms with Crippen molar-refractivity contribution in [2.24, 2.45) is 0 Å². The third-order valence-corrected chi connectivity index (χ3v) is 10.7. The van der Waals surface area contributed by atoms with E-state index < -0.39 is 33.5 Å². The molecule has 4 saturated heterocycles. The standard InChI is InChI=1S/C18H20ClN3O6S2/c1-16-14(24)22-13-17(26,12(23)18(22,30-29-16)15(25)21(16)3)7-6-8(19)10(27-4)11(28-5)9(7)20(13)2/h6,12-13,23,26H,1-5H3/t12-,13+,16-,17-,18-/m1/s1. The molecule has 0 aliphatic carbocycles. The number of carbonyl (C=O) groups excluding carboxylic acids is 2. The van der Waals surface area contributed by atoms with Gasteiger partial charge < -0.3 is 29.5 Å². The predicted molar refractivity (Wildman–Crippen MR) is 113 cm³/mol. The van der Waals surface area contributed by atoms with Gasteiger partial charge in [-0.1, -0.05) is 22.4 Å². The second-order valence-electron chi connectivity index (χ2n) is 7.92. The molecule has 2 bridgehead atoms. The summed E-state index contributed by atoms with van der Waals surface area (Å²) in [4.78, 5) is 28.5. The summed E-state index contributed by atoms with van der Waals surface area (Å²) in [6.45, 7) is 1.67. The van der Waals surface area contributed by atoms with Crippen molar-refractivity contribution in [3.8, 4) is 11.5 Å². The van der Waals surface area contributed by atoms with Crippen molar-refractivity contribution in [2.75, 3.05) is 33.2 Å². The van der Waals surface area contributed by atoms with E-state index in [4.69, 9.17) is 21.1 Å². The number of carbonyl (C=O) groups is 2. The highest BCUT2D eigenvalue weighted by atomic mass is 35.5. The van der Waals surface area contributed by atoms with Gasteiger partial charge >= 0.3 is 0 Å². The molecular weight excluding hydrogens is 454 g/mol. The third kappa shape index (κ3) is 1.81. The van der Waals surface area contributed by atoms with Crippen LogP contribution in [-0.2, 0) is 15.2 Å². The number of nitrogens with zero attached hydrogens (tertiary/aromatic N) is 3.